The summed E-state index contributed by atoms with van der Waals surface area (Å²) in [7, 11) is 1.71. The number of piperazine rings is 1. The highest BCUT2D eigenvalue weighted by molar-refractivity contribution is 7.12. The van der Waals surface area contributed by atoms with Gasteiger partial charge in [0.1, 0.15) is 11.6 Å². The number of nitrogens with one attached hydrogen (secondary N) is 1. The first kappa shape index (κ1) is 18.3. The second-order valence-electron chi connectivity index (χ2n) is 6.48. The lowest BCUT2D eigenvalue weighted by molar-refractivity contribution is 0.103. The molecule has 1 aromatic carbocycles. The standard InChI is InChI=1S/C21H22N4O2S/c1-27-18-6-3-2-5-17(18)24-10-12-25(13-11-24)20-9-8-16(15-22-20)23-21(26)19-7-4-14-28-19/h2-9,14-15H,10-13H2,1H3,(H,23,26). The van der Waals surface area contributed by atoms with Gasteiger partial charge < -0.3 is 19.9 Å². The molecule has 144 valence electrons. The molecule has 2 aromatic heterocycles. The van der Waals surface area contributed by atoms with E-state index >= 15 is 0 Å². The van der Waals surface area contributed by atoms with Crippen molar-refractivity contribution >= 4 is 34.4 Å². The molecule has 0 aliphatic carbocycles. The number of hydrogen-bond donors (Lipinski definition) is 1. The first-order valence-electron chi connectivity index (χ1n) is 9.18. The molecule has 1 aliphatic rings. The van der Waals surface area contributed by atoms with Crippen LogP contribution < -0.4 is 19.9 Å². The second kappa shape index (κ2) is 8.31. The zero-order valence-electron chi connectivity index (χ0n) is 15.7. The molecule has 7 heteroatoms. The average Bonchev–Trinajstić information content (AvgIpc) is 3.30. The number of hydrogen-bond acceptors (Lipinski definition) is 6. The number of methoxy groups -OCH3 is 1. The number of nitrogens with zero attached hydrogens (tertiary/aromatic N) is 3. The van der Waals surface area contributed by atoms with Crippen LogP contribution in [0.15, 0.2) is 60.1 Å². The Bertz CT molecular complexity index is 920. The summed E-state index contributed by atoms with van der Waals surface area (Å²) in [4.78, 5) is 22.0. The maximum absolute atomic E-state index is 12.1. The highest BCUT2D eigenvalue weighted by atomic mass is 32.1. The van der Waals surface area contributed by atoms with Crippen molar-refractivity contribution in [2.75, 3.05) is 48.4 Å². The minimum absolute atomic E-state index is 0.102. The molecular weight excluding hydrogens is 372 g/mol. The topological polar surface area (TPSA) is 57.7 Å². The minimum atomic E-state index is -0.102. The van der Waals surface area contributed by atoms with E-state index < -0.39 is 0 Å². The Morgan fingerprint density at radius 1 is 1.04 bits per heavy atom. The molecule has 0 atom stereocenters. The van der Waals surface area contributed by atoms with Crippen molar-refractivity contribution < 1.29 is 9.53 Å². The largest absolute Gasteiger partial charge is 0.495 e. The van der Waals surface area contributed by atoms with Gasteiger partial charge in [-0.15, -0.1) is 11.3 Å². The summed E-state index contributed by atoms with van der Waals surface area (Å²) in [5.41, 5.74) is 1.83. The molecule has 0 bridgehead atoms. The van der Waals surface area contributed by atoms with E-state index in [0.717, 1.165) is 43.4 Å². The van der Waals surface area contributed by atoms with Crippen LogP contribution in [-0.2, 0) is 0 Å². The third-order valence-corrected chi connectivity index (χ3v) is 5.65. The fourth-order valence-electron chi connectivity index (χ4n) is 3.31. The molecule has 0 radical (unpaired) electrons. The molecule has 1 saturated heterocycles. The van der Waals surface area contributed by atoms with Gasteiger partial charge in [0.05, 0.1) is 29.6 Å². The molecule has 28 heavy (non-hydrogen) atoms. The number of thiophene rings is 1. The maximum Gasteiger partial charge on any atom is 0.265 e. The van der Waals surface area contributed by atoms with E-state index in [0.29, 0.717) is 10.6 Å². The molecule has 4 rings (SSSR count). The van der Waals surface area contributed by atoms with E-state index in [1.807, 2.05) is 47.8 Å². The van der Waals surface area contributed by atoms with Crippen LogP contribution in [0.1, 0.15) is 9.67 Å². The van der Waals surface area contributed by atoms with E-state index in [1.165, 1.54) is 11.3 Å². The van der Waals surface area contributed by atoms with Crippen LogP contribution in [-0.4, -0.2) is 44.2 Å². The lowest BCUT2D eigenvalue weighted by Crippen LogP contribution is -2.46. The summed E-state index contributed by atoms with van der Waals surface area (Å²) < 4.78 is 5.48. The van der Waals surface area contributed by atoms with Crippen molar-refractivity contribution in [3.05, 3.63) is 65.0 Å². The maximum atomic E-state index is 12.1. The Labute approximate surface area is 168 Å². The summed E-state index contributed by atoms with van der Waals surface area (Å²) in [5, 5.41) is 4.77. The lowest BCUT2D eigenvalue weighted by atomic mass is 10.2. The van der Waals surface area contributed by atoms with E-state index in [1.54, 1.807) is 13.3 Å². The fourth-order valence-corrected chi connectivity index (χ4v) is 3.93. The highest BCUT2D eigenvalue weighted by Crippen LogP contribution is 2.29. The Hall–Kier alpha value is -3.06. The first-order valence-corrected chi connectivity index (χ1v) is 10.1. The van der Waals surface area contributed by atoms with Crippen LogP contribution in [0.25, 0.3) is 0 Å². The van der Waals surface area contributed by atoms with Gasteiger partial charge in [-0.05, 0) is 35.7 Å². The van der Waals surface area contributed by atoms with Gasteiger partial charge in [-0.1, -0.05) is 18.2 Å². The third-order valence-electron chi connectivity index (χ3n) is 4.78. The summed E-state index contributed by atoms with van der Waals surface area (Å²) in [5.74, 6) is 1.73. The van der Waals surface area contributed by atoms with Crippen LogP contribution >= 0.6 is 11.3 Å². The summed E-state index contributed by atoms with van der Waals surface area (Å²) in [6.07, 6.45) is 1.72. The monoisotopic (exact) mass is 394 g/mol. The number of para-hydroxylation sites is 2. The van der Waals surface area contributed by atoms with Gasteiger partial charge in [0.25, 0.3) is 5.91 Å². The van der Waals surface area contributed by atoms with Crippen molar-refractivity contribution in [2.45, 2.75) is 0 Å². The van der Waals surface area contributed by atoms with Crippen molar-refractivity contribution in [3.63, 3.8) is 0 Å². The number of carbonyl (C=O) groups is 1. The molecule has 0 spiro atoms. The molecule has 1 amide bonds. The molecule has 1 fully saturated rings. The number of pyridine rings is 1. The van der Waals surface area contributed by atoms with Crippen molar-refractivity contribution in [1.29, 1.82) is 0 Å². The summed E-state index contributed by atoms with van der Waals surface area (Å²) in [6, 6.07) is 15.7. The van der Waals surface area contributed by atoms with Gasteiger partial charge in [0.15, 0.2) is 0 Å². The predicted octanol–water partition coefficient (Wildman–Crippen LogP) is 3.73. The average molecular weight is 395 g/mol. The number of aromatic nitrogens is 1. The minimum Gasteiger partial charge on any atom is -0.495 e. The Kier molecular flexibility index (Phi) is 5.43. The number of benzene rings is 1. The molecule has 0 unspecified atom stereocenters. The molecule has 6 nitrogen and oxygen atoms in total. The summed E-state index contributed by atoms with van der Waals surface area (Å²) >= 11 is 1.42. The smallest absolute Gasteiger partial charge is 0.265 e. The SMILES string of the molecule is COc1ccccc1N1CCN(c2ccc(NC(=O)c3cccs3)cn2)CC1. The van der Waals surface area contributed by atoms with Gasteiger partial charge in [-0.25, -0.2) is 4.98 Å². The lowest BCUT2D eigenvalue weighted by Gasteiger charge is -2.37. The predicted molar refractivity (Wildman–Crippen MR) is 114 cm³/mol. The van der Waals surface area contributed by atoms with Crippen LogP contribution in [0.4, 0.5) is 17.2 Å². The van der Waals surface area contributed by atoms with Crippen LogP contribution in [0, 0.1) is 0 Å². The van der Waals surface area contributed by atoms with Crippen LogP contribution in [0.2, 0.25) is 0 Å². The normalized spacial score (nSPS) is 14.0. The van der Waals surface area contributed by atoms with Crippen molar-refractivity contribution in [1.82, 2.24) is 4.98 Å². The molecule has 1 N–H and O–H groups in total. The summed E-state index contributed by atoms with van der Waals surface area (Å²) in [6.45, 7) is 3.57. The van der Waals surface area contributed by atoms with E-state index in [9.17, 15) is 4.79 Å². The Morgan fingerprint density at radius 2 is 1.82 bits per heavy atom. The zero-order chi connectivity index (χ0) is 19.3. The molecule has 3 heterocycles. The first-order chi connectivity index (χ1) is 13.7. The second-order valence-corrected chi connectivity index (χ2v) is 7.43. The number of anilines is 3. The van der Waals surface area contributed by atoms with Gasteiger partial charge in [-0.3, -0.25) is 4.79 Å². The quantitative estimate of drug-likeness (QED) is 0.715. The highest BCUT2D eigenvalue weighted by Gasteiger charge is 2.20. The van der Waals surface area contributed by atoms with Gasteiger partial charge in [0, 0.05) is 26.2 Å². The fraction of sp³-hybridized carbons (Fsp3) is 0.238. The molecule has 0 saturated carbocycles. The molecule has 1 aliphatic heterocycles. The molecule has 3 aromatic rings. The van der Waals surface area contributed by atoms with Gasteiger partial charge in [-0.2, -0.15) is 0 Å². The molecular formula is C21H22N4O2S. The zero-order valence-corrected chi connectivity index (χ0v) is 16.5. The van der Waals surface area contributed by atoms with Gasteiger partial charge >= 0.3 is 0 Å². The van der Waals surface area contributed by atoms with Crippen LogP contribution in [0.5, 0.6) is 5.75 Å². The number of rotatable bonds is 5. The van der Waals surface area contributed by atoms with Gasteiger partial charge in [0.2, 0.25) is 0 Å². The van der Waals surface area contributed by atoms with Crippen molar-refractivity contribution in [2.24, 2.45) is 0 Å². The van der Waals surface area contributed by atoms with E-state index in [2.05, 4.69) is 26.2 Å². The van der Waals surface area contributed by atoms with E-state index in [-0.39, 0.29) is 5.91 Å². The number of carbonyl (C=O) groups excluding carboxylic acids is 1. The van der Waals surface area contributed by atoms with Crippen LogP contribution in [0.3, 0.4) is 0 Å². The Morgan fingerprint density at radius 3 is 2.50 bits per heavy atom. The number of ether oxygens (including phenoxy) is 1. The van der Waals surface area contributed by atoms with Crippen molar-refractivity contribution in [3.8, 4) is 5.75 Å². The van der Waals surface area contributed by atoms with E-state index in [4.69, 9.17) is 4.74 Å². The Balaban J connectivity index is 1.36. The third kappa shape index (κ3) is 3.94. The number of amides is 1.